The van der Waals surface area contributed by atoms with Crippen LogP contribution in [-0.2, 0) is 13.1 Å². The molecule has 6 nitrogen and oxygen atoms in total. The Labute approximate surface area is 183 Å². The number of ether oxygens (including phenoxy) is 1. The second-order valence-corrected chi connectivity index (χ2v) is 6.23. The molecule has 1 heterocycles. The molecular weight excluding hydrogens is 465 g/mol. The van der Waals surface area contributed by atoms with Crippen molar-refractivity contribution in [2.75, 3.05) is 21.2 Å². The van der Waals surface area contributed by atoms with Crippen LogP contribution in [0.1, 0.15) is 11.1 Å². The summed E-state index contributed by atoms with van der Waals surface area (Å²) in [7, 11) is 5.49. The zero-order valence-electron chi connectivity index (χ0n) is 16.4. The second kappa shape index (κ2) is 10.7. The van der Waals surface area contributed by atoms with E-state index in [1.165, 1.54) is 5.56 Å². The van der Waals surface area contributed by atoms with E-state index in [4.69, 9.17) is 4.74 Å². The predicted molar refractivity (Wildman–Crippen MR) is 124 cm³/mol. The molecule has 0 saturated heterocycles. The Morgan fingerprint density at radius 3 is 2.46 bits per heavy atom. The van der Waals surface area contributed by atoms with E-state index in [-0.39, 0.29) is 24.0 Å². The van der Waals surface area contributed by atoms with E-state index < -0.39 is 0 Å². The van der Waals surface area contributed by atoms with Crippen LogP contribution in [0.4, 0.5) is 0 Å². The van der Waals surface area contributed by atoms with Gasteiger partial charge in [-0.3, -0.25) is 4.99 Å². The van der Waals surface area contributed by atoms with Gasteiger partial charge in [0.25, 0.3) is 0 Å². The number of aliphatic imine (C=N–C) groups is 1. The Hall–Kier alpha value is -2.55. The first-order chi connectivity index (χ1) is 13.2. The highest BCUT2D eigenvalue weighted by atomic mass is 127. The average Bonchev–Trinajstić information content (AvgIpc) is 3.19. The van der Waals surface area contributed by atoms with Crippen molar-refractivity contribution in [2.45, 2.75) is 13.1 Å². The highest BCUT2D eigenvalue weighted by molar-refractivity contribution is 14.0. The Kier molecular flexibility index (Phi) is 8.31. The number of halogens is 1. The third-order valence-electron chi connectivity index (χ3n) is 4.26. The molecule has 0 bridgehead atoms. The SMILES string of the molecule is CN=C(NCc1cnn(-c2ccccc2)c1)N(C)Cc1ccc(OC)cc1.I. The van der Waals surface area contributed by atoms with E-state index in [1.807, 2.05) is 66.6 Å². The van der Waals surface area contributed by atoms with Gasteiger partial charge in [-0.15, -0.1) is 24.0 Å². The van der Waals surface area contributed by atoms with Crippen molar-refractivity contribution in [3.63, 3.8) is 0 Å². The summed E-state index contributed by atoms with van der Waals surface area (Å²) in [5.74, 6) is 1.69. The lowest BCUT2D eigenvalue weighted by atomic mass is 10.2. The van der Waals surface area contributed by atoms with Crippen molar-refractivity contribution in [3.05, 3.63) is 78.1 Å². The largest absolute Gasteiger partial charge is 0.497 e. The van der Waals surface area contributed by atoms with Crippen LogP contribution in [-0.4, -0.2) is 41.8 Å². The normalized spacial score (nSPS) is 10.9. The molecule has 1 aromatic heterocycles. The third kappa shape index (κ3) is 5.72. The molecule has 3 aromatic rings. The maximum absolute atomic E-state index is 5.21. The summed E-state index contributed by atoms with van der Waals surface area (Å²) in [6, 6.07) is 18.1. The van der Waals surface area contributed by atoms with Gasteiger partial charge in [0.1, 0.15) is 5.75 Å². The van der Waals surface area contributed by atoms with E-state index in [0.717, 1.165) is 29.5 Å². The number of methoxy groups -OCH3 is 1. The van der Waals surface area contributed by atoms with Gasteiger partial charge in [0.2, 0.25) is 0 Å². The van der Waals surface area contributed by atoms with Crippen LogP contribution in [0.15, 0.2) is 72.0 Å². The number of nitrogens with zero attached hydrogens (tertiary/aromatic N) is 4. The molecule has 1 N–H and O–H groups in total. The van der Waals surface area contributed by atoms with Crippen LogP contribution < -0.4 is 10.1 Å². The number of hydrogen-bond acceptors (Lipinski definition) is 3. The fourth-order valence-corrected chi connectivity index (χ4v) is 2.82. The average molecular weight is 491 g/mol. The zero-order chi connectivity index (χ0) is 19.1. The summed E-state index contributed by atoms with van der Waals surface area (Å²) in [4.78, 5) is 6.46. The van der Waals surface area contributed by atoms with Crippen molar-refractivity contribution >= 4 is 29.9 Å². The fraction of sp³-hybridized carbons (Fsp3) is 0.238. The standard InChI is InChI=1S/C21H25N5O.HI/c1-22-21(25(2)15-17-9-11-20(27-3)12-10-17)23-13-18-14-24-26(16-18)19-7-5-4-6-8-19;/h4-12,14,16H,13,15H2,1-3H3,(H,22,23);1H. The lowest BCUT2D eigenvalue weighted by Crippen LogP contribution is -2.37. The zero-order valence-corrected chi connectivity index (χ0v) is 18.7. The summed E-state index contributed by atoms with van der Waals surface area (Å²) < 4.78 is 7.08. The van der Waals surface area contributed by atoms with Gasteiger partial charge in [-0.25, -0.2) is 4.68 Å². The van der Waals surface area contributed by atoms with E-state index in [2.05, 4.69) is 32.4 Å². The minimum absolute atomic E-state index is 0. The van der Waals surface area contributed by atoms with Crippen molar-refractivity contribution < 1.29 is 4.74 Å². The summed E-state index contributed by atoms with van der Waals surface area (Å²) in [6.45, 7) is 1.42. The summed E-state index contributed by atoms with van der Waals surface area (Å²) in [6.07, 6.45) is 3.90. The van der Waals surface area contributed by atoms with Crippen molar-refractivity contribution in [1.29, 1.82) is 0 Å². The molecule has 0 fully saturated rings. The summed E-state index contributed by atoms with van der Waals surface area (Å²) in [5, 5.41) is 7.82. The van der Waals surface area contributed by atoms with Crippen LogP contribution in [0.3, 0.4) is 0 Å². The predicted octanol–water partition coefficient (Wildman–Crippen LogP) is 3.71. The molecule has 28 heavy (non-hydrogen) atoms. The molecule has 148 valence electrons. The van der Waals surface area contributed by atoms with Gasteiger partial charge in [0.15, 0.2) is 5.96 Å². The molecular formula is C21H26IN5O. The lowest BCUT2D eigenvalue weighted by molar-refractivity contribution is 0.414. The first kappa shape index (κ1) is 21.7. The van der Waals surface area contributed by atoms with E-state index in [0.29, 0.717) is 6.54 Å². The number of rotatable bonds is 6. The van der Waals surface area contributed by atoms with Crippen LogP contribution >= 0.6 is 24.0 Å². The van der Waals surface area contributed by atoms with Gasteiger partial charge < -0.3 is 15.0 Å². The number of nitrogens with one attached hydrogen (secondary N) is 1. The van der Waals surface area contributed by atoms with Crippen molar-refractivity contribution in [2.24, 2.45) is 4.99 Å². The van der Waals surface area contributed by atoms with E-state index in [9.17, 15) is 0 Å². The van der Waals surface area contributed by atoms with Gasteiger partial charge in [-0.05, 0) is 29.8 Å². The van der Waals surface area contributed by atoms with Gasteiger partial charge in [0.05, 0.1) is 19.0 Å². The summed E-state index contributed by atoms with van der Waals surface area (Å²) >= 11 is 0. The van der Waals surface area contributed by atoms with Gasteiger partial charge in [-0.2, -0.15) is 5.10 Å². The Morgan fingerprint density at radius 1 is 1.11 bits per heavy atom. The molecule has 0 unspecified atom stereocenters. The van der Waals surface area contributed by atoms with Crippen LogP contribution in [0, 0.1) is 0 Å². The second-order valence-electron chi connectivity index (χ2n) is 6.23. The van der Waals surface area contributed by atoms with E-state index >= 15 is 0 Å². The van der Waals surface area contributed by atoms with Crippen molar-refractivity contribution in [3.8, 4) is 11.4 Å². The van der Waals surface area contributed by atoms with Gasteiger partial charge >= 0.3 is 0 Å². The first-order valence-electron chi connectivity index (χ1n) is 8.83. The molecule has 0 saturated carbocycles. The van der Waals surface area contributed by atoms with Crippen LogP contribution in [0.25, 0.3) is 5.69 Å². The highest BCUT2D eigenvalue weighted by Gasteiger charge is 2.08. The minimum atomic E-state index is 0. The number of aromatic nitrogens is 2. The molecule has 0 aliphatic carbocycles. The molecule has 0 spiro atoms. The molecule has 7 heteroatoms. The smallest absolute Gasteiger partial charge is 0.193 e. The number of hydrogen-bond donors (Lipinski definition) is 1. The van der Waals surface area contributed by atoms with Gasteiger partial charge in [-0.1, -0.05) is 30.3 Å². The fourth-order valence-electron chi connectivity index (χ4n) is 2.82. The van der Waals surface area contributed by atoms with E-state index in [1.54, 1.807) is 14.2 Å². The minimum Gasteiger partial charge on any atom is -0.497 e. The lowest BCUT2D eigenvalue weighted by Gasteiger charge is -2.22. The maximum Gasteiger partial charge on any atom is 0.193 e. The van der Waals surface area contributed by atoms with Crippen LogP contribution in [0.5, 0.6) is 5.75 Å². The number of para-hydroxylation sites is 1. The first-order valence-corrected chi connectivity index (χ1v) is 8.83. The molecule has 0 aliphatic rings. The Morgan fingerprint density at radius 2 is 1.82 bits per heavy atom. The highest BCUT2D eigenvalue weighted by Crippen LogP contribution is 2.13. The van der Waals surface area contributed by atoms with Crippen molar-refractivity contribution in [1.82, 2.24) is 20.0 Å². The van der Waals surface area contributed by atoms with Gasteiger partial charge in [0, 0.05) is 38.9 Å². The Balaban J connectivity index is 0.00000280. The number of benzene rings is 2. The summed E-state index contributed by atoms with van der Waals surface area (Å²) in [5.41, 5.74) is 3.33. The maximum atomic E-state index is 5.21. The molecule has 0 aliphatic heterocycles. The topological polar surface area (TPSA) is 54.7 Å². The third-order valence-corrected chi connectivity index (χ3v) is 4.26. The monoisotopic (exact) mass is 491 g/mol. The molecule has 0 amide bonds. The molecule has 0 radical (unpaired) electrons. The molecule has 2 aromatic carbocycles. The van der Waals surface area contributed by atoms with Crippen LogP contribution in [0.2, 0.25) is 0 Å². The number of guanidine groups is 1. The quantitative estimate of drug-likeness (QED) is 0.325. The Bertz CT molecular complexity index is 877. The molecule has 3 rings (SSSR count). The molecule has 0 atom stereocenters.